The average Bonchev–Trinajstić information content (AvgIpc) is 3.00. The molecule has 0 saturated carbocycles. The van der Waals surface area contributed by atoms with Gasteiger partial charge in [-0.05, 0) is 85.8 Å². The van der Waals surface area contributed by atoms with Crippen molar-refractivity contribution < 1.29 is 19.2 Å². The van der Waals surface area contributed by atoms with Crippen LogP contribution in [0.4, 0.5) is 21.0 Å². The van der Waals surface area contributed by atoms with Gasteiger partial charge in [0, 0.05) is 25.9 Å². The van der Waals surface area contributed by atoms with Gasteiger partial charge in [-0.2, -0.15) is 0 Å². The fourth-order valence-electron chi connectivity index (χ4n) is 4.57. The van der Waals surface area contributed by atoms with Gasteiger partial charge < -0.3 is 30.9 Å². The summed E-state index contributed by atoms with van der Waals surface area (Å²) in [7, 11) is 0. The summed E-state index contributed by atoms with van der Waals surface area (Å²) < 4.78 is 0. The van der Waals surface area contributed by atoms with Crippen LogP contribution >= 0.6 is 0 Å². The number of anilines is 2. The van der Waals surface area contributed by atoms with Crippen LogP contribution in [0.5, 0.6) is 0 Å². The molecule has 0 bridgehead atoms. The van der Waals surface area contributed by atoms with Crippen LogP contribution in [-0.4, -0.2) is 24.6 Å². The van der Waals surface area contributed by atoms with E-state index in [4.69, 9.17) is 0 Å². The van der Waals surface area contributed by atoms with Crippen molar-refractivity contribution in [2.24, 2.45) is 0 Å². The third-order valence-corrected chi connectivity index (χ3v) is 7.13. The van der Waals surface area contributed by atoms with Gasteiger partial charge in [-0.25, -0.2) is 9.59 Å². The molecule has 3 aromatic carbocycles. The summed E-state index contributed by atoms with van der Waals surface area (Å²) in [6.07, 6.45) is 8.68. The quantitative estimate of drug-likeness (QED) is 0.112. The van der Waals surface area contributed by atoms with Crippen molar-refractivity contribution in [3.05, 3.63) is 94.0 Å². The van der Waals surface area contributed by atoms with Crippen molar-refractivity contribution in [2.75, 3.05) is 10.6 Å². The summed E-state index contributed by atoms with van der Waals surface area (Å²) >= 11 is 0. The third kappa shape index (κ3) is 10.8. The normalized spacial score (nSPS) is 10.5. The Kier molecular flexibility index (Phi) is 13.3. The minimum Gasteiger partial charge on any atom is -0.334 e. The molecule has 222 valence electrons. The average molecular weight is 571 g/mol. The Morgan fingerprint density at radius 2 is 0.905 bits per heavy atom. The summed E-state index contributed by atoms with van der Waals surface area (Å²) in [6, 6.07) is 19.3. The van der Waals surface area contributed by atoms with Crippen LogP contribution in [0.1, 0.15) is 71.9 Å². The van der Waals surface area contributed by atoms with E-state index in [-0.39, 0.29) is 12.1 Å². The Hall–Kier alpha value is -4.46. The number of carbonyl (C=O) groups is 4. The summed E-state index contributed by atoms with van der Waals surface area (Å²) in [6.45, 7) is 4.49. The molecular weight excluding hydrogens is 528 g/mol. The van der Waals surface area contributed by atoms with Crippen molar-refractivity contribution in [3.8, 4) is 0 Å². The lowest BCUT2D eigenvalue weighted by molar-refractivity contribution is -0.108. The molecule has 4 amide bonds. The largest absolute Gasteiger partial charge is 0.334 e. The van der Waals surface area contributed by atoms with Crippen LogP contribution in [0, 0.1) is 13.8 Å². The first-order chi connectivity index (χ1) is 20.4. The Morgan fingerprint density at radius 1 is 0.548 bits per heavy atom. The topological polar surface area (TPSA) is 116 Å². The first-order valence-corrected chi connectivity index (χ1v) is 14.6. The number of unbranched alkanes of at least 4 members (excludes halogenated alkanes) is 4. The molecule has 0 heterocycles. The molecule has 8 nitrogen and oxygen atoms in total. The van der Waals surface area contributed by atoms with E-state index < -0.39 is 0 Å². The van der Waals surface area contributed by atoms with E-state index in [0.717, 1.165) is 73.4 Å². The van der Waals surface area contributed by atoms with E-state index in [9.17, 15) is 19.2 Å². The molecule has 8 heteroatoms. The van der Waals surface area contributed by atoms with Crippen LogP contribution in [-0.2, 0) is 35.5 Å². The van der Waals surface area contributed by atoms with Crippen molar-refractivity contribution in [1.29, 1.82) is 0 Å². The minimum absolute atomic E-state index is 0.364. The number of amides is 4. The maximum absolute atomic E-state index is 12.8. The molecule has 42 heavy (non-hydrogen) atoms. The maximum atomic E-state index is 12.8. The third-order valence-electron chi connectivity index (χ3n) is 7.13. The number of nitrogens with one attached hydrogen (secondary N) is 4. The number of benzene rings is 3. The van der Waals surface area contributed by atoms with E-state index in [1.807, 2.05) is 74.5 Å². The molecule has 0 atom stereocenters. The number of hydrogen-bond acceptors (Lipinski definition) is 4. The van der Waals surface area contributed by atoms with Crippen LogP contribution < -0.4 is 21.3 Å². The highest BCUT2D eigenvalue weighted by atomic mass is 16.2. The molecule has 0 aliphatic rings. The second kappa shape index (κ2) is 17.4. The minimum atomic E-state index is -0.364. The molecule has 0 unspecified atom stereocenters. The first kappa shape index (κ1) is 32.1. The molecule has 4 N–H and O–H groups in total. The van der Waals surface area contributed by atoms with Gasteiger partial charge in [-0.1, -0.05) is 60.7 Å². The number of rotatable bonds is 16. The van der Waals surface area contributed by atoms with Gasteiger partial charge in [0.25, 0.3) is 0 Å². The molecule has 0 radical (unpaired) electrons. The number of aldehydes is 2. The molecule has 0 spiro atoms. The zero-order chi connectivity index (χ0) is 30.2. The highest BCUT2D eigenvalue weighted by molar-refractivity contribution is 6.00. The summed E-state index contributed by atoms with van der Waals surface area (Å²) in [5.74, 6) is 0. The van der Waals surface area contributed by atoms with Crippen LogP contribution in [0.15, 0.2) is 60.7 Å². The fourth-order valence-corrected chi connectivity index (χ4v) is 4.57. The Balaban J connectivity index is 1.51. The van der Waals surface area contributed by atoms with Gasteiger partial charge in [0.05, 0.1) is 11.4 Å². The molecule has 3 rings (SSSR count). The van der Waals surface area contributed by atoms with Gasteiger partial charge in [0.15, 0.2) is 0 Å². The monoisotopic (exact) mass is 570 g/mol. The second-order valence-electron chi connectivity index (χ2n) is 10.5. The standard InChI is InChI=1S/C34H42N4O4/c1-25-11-12-26(2)32(38-34(42)36-24-30-19-15-28(16-20-30)10-6-4-8-22-40)31(25)37-33(41)35-23-29-17-13-27(14-18-29)9-5-3-7-21-39/h11-22H,3-10,23-24H2,1-2H3,(H2,35,37,41)(H2,36,38,42). The first-order valence-electron chi connectivity index (χ1n) is 14.6. The highest BCUT2D eigenvalue weighted by Crippen LogP contribution is 2.29. The van der Waals surface area contributed by atoms with E-state index in [0.29, 0.717) is 37.3 Å². The summed E-state index contributed by atoms with van der Waals surface area (Å²) in [5, 5.41) is 11.6. The Bertz CT molecular complexity index is 1220. The SMILES string of the molecule is Cc1ccc(C)c(NC(=O)NCc2ccc(CCCCC=O)cc2)c1NC(=O)NCc1ccc(CCCCC=O)cc1. The molecule has 0 fully saturated rings. The number of urea groups is 2. The molecule has 0 aromatic heterocycles. The van der Waals surface area contributed by atoms with Crippen LogP contribution in [0.3, 0.4) is 0 Å². The lowest BCUT2D eigenvalue weighted by Gasteiger charge is -2.18. The number of carbonyl (C=O) groups excluding carboxylic acids is 4. The predicted octanol–water partition coefficient (Wildman–Crippen LogP) is 6.77. The molecule has 0 aliphatic heterocycles. The van der Waals surface area contributed by atoms with E-state index in [1.165, 1.54) is 11.1 Å². The summed E-state index contributed by atoms with van der Waals surface area (Å²) in [4.78, 5) is 46.5. The van der Waals surface area contributed by atoms with Gasteiger partial charge in [0.2, 0.25) is 0 Å². The number of aryl methyl sites for hydroxylation is 4. The van der Waals surface area contributed by atoms with Crippen molar-refractivity contribution in [2.45, 2.75) is 78.3 Å². The van der Waals surface area contributed by atoms with Crippen molar-refractivity contribution >= 4 is 36.0 Å². The maximum Gasteiger partial charge on any atom is 0.319 e. The molecular formula is C34H42N4O4. The van der Waals surface area contributed by atoms with Gasteiger partial charge in [-0.3, -0.25) is 0 Å². The zero-order valence-corrected chi connectivity index (χ0v) is 24.6. The van der Waals surface area contributed by atoms with E-state index in [1.54, 1.807) is 0 Å². The number of hydrogen-bond donors (Lipinski definition) is 4. The lowest BCUT2D eigenvalue weighted by atomic mass is 10.1. The smallest absolute Gasteiger partial charge is 0.319 e. The summed E-state index contributed by atoms with van der Waals surface area (Å²) in [5.41, 5.74) is 7.12. The zero-order valence-electron chi connectivity index (χ0n) is 24.6. The van der Waals surface area contributed by atoms with E-state index in [2.05, 4.69) is 21.3 Å². The highest BCUT2D eigenvalue weighted by Gasteiger charge is 2.15. The van der Waals surface area contributed by atoms with Gasteiger partial charge >= 0.3 is 12.1 Å². The molecule has 3 aromatic rings. The van der Waals surface area contributed by atoms with Crippen molar-refractivity contribution in [3.63, 3.8) is 0 Å². The van der Waals surface area contributed by atoms with E-state index >= 15 is 0 Å². The fraction of sp³-hybridized carbons (Fsp3) is 0.353. The molecule has 0 aliphatic carbocycles. The van der Waals surface area contributed by atoms with Gasteiger partial charge in [0.1, 0.15) is 12.6 Å². The van der Waals surface area contributed by atoms with Crippen molar-refractivity contribution in [1.82, 2.24) is 10.6 Å². The predicted molar refractivity (Wildman–Crippen MR) is 168 cm³/mol. The second-order valence-corrected chi connectivity index (χ2v) is 10.5. The van der Waals surface area contributed by atoms with Gasteiger partial charge in [-0.15, -0.1) is 0 Å². The van der Waals surface area contributed by atoms with Crippen LogP contribution in [0.25, 0.3) is 0 Å². The lowest BCUT2D eigenvalue weighted by Crippen LogP contribution is -2.31. The molecule has 0 saturated heterocycles. The van der Waals surface area contributed by atoms with Crippen LogP contribution in [0.2, 0.25) is 0 Å². The Morgan fingerprint density at radius 3 is 1.26 bits per heavy atom. The Labute approximate surface area is 248 Å².